The summed E-state index contributed by atoms with van der Waals surface area (Å²) in [6.07, 6.45) is 2.66. The van der Waals surface area contributed by atoms with Crippen LogP contribution in [0.2, 0.25) is 5.02 Å². The third-order valence-corrected chi connectivity index (χ3v) is 4.23. The van der Waals surface area contributed by atoms with E-state index in [2.05, 4.69) is 5.32 Å². The molecule has 0 heterocycles. The summed E-state index contributed by atoms with van der Waals surface area (Å²) in [6, 6.07) is 6.97. The monoisotopic (exact) mass is 297 g/mol. The van der Waals surface area contributed by atoms with E-state index < -0.39 is 17.1 Å². The standard InChI is InChI=1S/C15H20ClNO3/c1-14(19,11-6-2-3-7-12(11)16)10-17-13(18)15(20)8-4-5-9-15/h2-3,6-7,19-20H,4-5,8-10H2,1H3,(H,17,18)/t14-/m0/s1. The van der Waals surface area contributed by atoms with Crippen LogP contribution in [0.4, 0.5) is 0 Å². The van der Waals surface area contributed by atoms with Gasteiger partial charge >= 0.3 is 0 Å². The highest BCUT2D eigenvalue weighted by Crippen LogP contribution is 2.30. The molecule has 110 valence electrons. The van der Waals surface area contributed by atoms with Crippen molar-refractivity contribution in [2.75, 3.05) is 6.54 Å². The minimum absolute atomic E-state index is 0.0118. The second kappa shape index (κ2) is 5.72. The summed E-state index contributed by atoms with van der Waals surface area (Å²) in [5.74, 6) is -0.415. The average Bonchev–Trinajstić information content (AvgIpc) is 2.84. The molecule has 0 saturated heterocycles. The fourth-order valence-corrected chi connectivity index (χ4v) is 2.94. The zero-order chi connectivity index (χ0) is 14.8. The first-order chi connectivity index (χ1) is 9.35. The third-order valence-electron chi connectivity index (χ3n) is 3.90. The van der Waals surface area contributed by atoms with E-state index in [4.69, 9.17) is 11.6 Å². The molecule has 1 aromatic rings. The topological polar surface area (TPSA) is 69.6 Å². The van der Waals surface area contributed by atoms with Gasteiger partial charge in [0, 0.05) is 10.6 Å². The van der Waals surface area contributed by atoms with Gasteiger partial charge in [0.1, 0.15) is 11.2 Å². The molecule has 1 fully saturated rings. The van der Waals surface area contributed by atoms with Crippen LogP contribution < -0.4 is 5.32 Å². The Balaban J connectivity index is 2.02. The van der Waals surface area contributed by atoms with Crippen LogP contribution in [0.15, 0.2) is 24.3 Å². The number of nitrogens with one attached hydrogen (secondary N) is 1. The van der Waals surface area contributed by atoms with Crippen LogP contribution >= 0.6 is 11.6 Å². The number of halogens is 1. The highest BCUT2D eigenvalue weighted by molar-refractivity contribution is 6.31. The molecule has 0 bridgehead atoms. The van der Waals surface area contributed by atoms with Crippen LogP contribution in [-0.4, -0.2) is 28.3 Å². The van der Waals surface area contributed by atoms with E-state index in [0.717, 1.165) is 12.8 Å². The molecule has 5 heteroatoms. The van der Waals surface area contributed by atoms with Gasteiger partial charge in [-0.25, -0.2) is 0 Å². The quantitative estimate of drug-likeness (QED) is 0.796. The van der Waals surface area contributed by atoms with Crippen LogP contribution in [0.1, 0.15) is 38.2 Å². The van der Waals surface area contributed by atoms with Crippen molar-refractivity contribution >= 4 is 17.5 Å². The zero-order valence-corrected chi connectivity index (χ0v) is 12.3. The molecule has 3 N–H and O–H groups in total. The van der Waals surface area contributed by atoms with Crippen molar-refractivity contribution in [3.8, 4) is 0 Å². The average molecular weight is 298 g/mol. The van der Waals surface area contributed by atoms with Gasteiger partial charge in [0.2, 0.25) is 0 Å². The van der Waals surface area contributed by atoms with Gasteiger partial charge < -0.3 is 15.5 Å². The molecule has 4 nitrogen and oxygen atoms in total. The molecule has 0 radical (unpaired) electrons. The Morgan fingerprint density at radius 3 is 2.60 bits per heavy atom. The Bertz CT molecular complexity index is 496. The second-order valence-corrected chi connectivity index (χ2v) is 6.08. The number of carbonyl (C=O) groups excluding carboxylic acids is 1. The van der Waals surface area contributed by atoms with E-state index in [0.29, 0.717) is 23.4 Å². The summed E-state index contributed by atoms with van der Waals surface area (Å²) >= 11 is 6.06. The lowest BCUT2D eigenvalue weighted by Crippen LogP contribution is -2.49. The van der Waals surface area contributed by atoms with Gasteiger partial charge in [-0.15, -0.1) is 0 Å². The number of amides is 1. The van der Waals surface area contributed by atoms with Gasteiger partial charge in [0.25, 0.3) is 5.91 Å². The van der Waals surface area contributed by atoms with E-state index in [-0.39, 0.29) is 6.54 Å². The van der Waals surface area contributed by atoms with Gasteiger partial charge in [-0.3, -0.25) is 4.79 Å². The summed E-state index contributed by atoms with van der Waals surface area (Å²) < 4.78 is 0. The maximum Gasteiger partial charge on any atom is 0.252 e. The summed E-state index contributed by atoms with van der Waals surface area (Å²) in [7, 11) is 0. The SMILES string of the molecule is C[C@](O)(CNC(=O)C1(O)CCCC1)c1ccccc1Cl. The molecule has 0 aromatic heterocycles. The molecule has 1 aliphatic carbocycles. The summed E-state index contributed by atoms with van der Waals surface area (Å²) in [4.78, 5) is 12.0. The Kier molecular flexibility index (Phi) is 4.37. The maximum absolute atomic E-state index is 12.0. The summed E-state index contributed by atoms with van der Waals surface area (Å²) in [5.41, 5.74) is -2.00. The molecular weight excluding hydrogens is 278 g/mol. The lowest BCUT2D eigenvalue weighted by Gasteiger charge is -2.28. The molecule has 1 atom stereocenters. The van der Waals surface area contributed by atoms with E-state index in [1.807, 2.05) is 0 Å². The third kappa shape index (κ3) is 3.14. The van der Waals surface area contributed by atoms with Crippen LogP contribution in [0.25, 0.3) is 0 Å². The van der Waals surface area contributed by atoms with Crippen molar-refractivity contribution in [2.45, 2.75) is 43.8 Å². The summed E-state index contributed by atoms with van der Waals surface area (Å²) in [5, 5.41) is 23.7. The van der Waals surface area contributed by atoms with Crippen molar-refractivity contribution in [1.82, 2.24) is 5.32 Å². The molecule has 2 rings (SSSR count). The van der Waals surface area contributed by atoms with Crippen molar-refractivity contribution < 1.29 is 15.0 Å². The number of benzene rings is 1. The fraction of sp³-hybridized carbons (Fsp3) is 0.533. The highest BCUT2D eigenvalue weighted by Gasteiger charge is 2.39. The number of aliphatic hydroxyl groups is 2. The van der Waals surface area contributed by atoms with E-state index in [9.17, 15) is 15.0 Å². The zero-order valence-electron chi connectivity index (χ0n) is 11.5. The minimum atomic E-state index is -1.28. The number of hydrogen-bond acceptors (Lipinski definition) is 3. The Hall–Kier alpha value is -1.10. The first kappa shape index (κ1) is 15.3. The molecule has 20 heavy (non-hydrogen) atoms. The van der Waals surface area contributed by atoms with Crippen LogP contribution in [0, 0.1) is 0 Å². The first-order valence-corrected chi connectivity index (χ1v) is 7.21. The molecular formula is C15H20ClNO3. The smallest absolute Gasteiger partial charge is 0.252 e. The van der Waals surface area contributed by atoms with Crippen LogP contribution in [0.3, 0.4) is 0 Å². The lowest BCUT2D eigenvalue weighted by molar-refractivity contribution is -0.140. The number of rotatable bonds is 4. The first-order valence-electron chi connectivity index (χ1n) is 6.83. The van der Waals surface area contributed by atoms with Gasteiger partial charge in [-0.2, -0.15) is 0 Å². The lowest BCUT2D eigenvalue weighted by atomic mass is 9.95. The molecule has 0 spiro atoms. The molecule has 1 amide bonds. The molecule has 1 aliphatic rings. The molecule has 1 saturated carbocycles. The van der Waals surface area contributed by atoms with Gasteiger partial charge in [0.05, 0.1) is 6.54 Å². The van der Waals surface area contributed by atoms with Gasteiger partial charge in [-0.1, -0.05) is 29.8 Å². The normalized spacial score (nSPS) is 20.4. The molecule has 0 unspecified atom stereocenters. The van der Waals surface area contributed by atoms with Crippen molar-refractivity contribution in [3.63, 3.8) is 0 Å². The van der Waals surface area contributed by atoms with Crippen molar-refractivity contribution in [3.05, 3.63) is 34.9 Å². The predicted molar refractivity (Wildman–Crippen MR) is 77.5 cm³/mol. The van der Waals surface area contributed by atoms with Crippen molar-refractivity contribution in [1.29, 1.82) is 0 Å². The maximum atomic E-state index is 12.0. The molecule has 0 aliphatic heterocycles. The van der Waals surface area contributed by atoms with Gasteiger partial charge in [-0.05, 0) is 38.7 Å². The van der Waals surface area contributed by atoms with Crippen molar-refractivity contribution in [2.24, 2.45) is 0 Å². The van der Waals surface area contributed by atoms with E-state index in [1.54, 1.807) is 31.2 Å². The number of hydrogen-bond donors (Lipinski definition) is 3. The van der Waals surface area contributed by atoms with Crippen LogP contribution in [0.5, 0.6) is 0 Å². The highest BCUT2D eigenvalue weighted by atomic mass is 35.5. The van der Waals surface area contributed by atoms with Crippen LogP contribution in [-0.2, 0) is 10.4 Å². The van der Waals surface area contributed by atoms with E-state index >= 15 is 0 Å². The minimum Gasteiger partial charge on any atom is -0.384 e. The predicted octanol–water partition coefficient (Wildman–Crippen LogP) is 1.97. The Morgan fingerprint density at radius 1 is 1.40 bits per heavy atom. The largest absolute Gasteiger partial charge is 0.384 e. The van der Waals surface area contributed by atoms with Gasteiger partial charge in [0.15, 0.2) is 0 Å². The summed E-state index contributed by atoms with van der Waals surface area (Å²) in [6.45, 7) is 1.60. The Labute approximate surface area is 123 Å². The number of carbonyl (C=O) groups is 1. The Morgan fingerprint density at radius 2 is 2.00 bits per heavy atom. The van der Waals surface area contributed by atoms with E-state index in [1.165, 1.54) is 0 Å². The fourth-order valence-electron chi connectivity index (χ4n) is 2.60. The molecule has 1 aromatic carbocycles. The second-order valence-electron chi connectivity index (χ2n) is 5.68.